The minimum absolute atomic E-state index is 0.220. The molecule has 1 aliphatic rings. The molecule has 0 bridgehead atoms. The second kappa shape index (κ2) is 6.66. The van der Waals surface area contributed by atoms with Crippen LogP contribution in [0.3, 0.4) is 0 Å². The predicted octanol–water partition coefficient (Wildman–Crippen LogP) is 4.22. The van der Waals surface area contributed by atoms with Crippen molar-refractivity contribution in [2.24, 2.45) is 5.73 Å². The van der Waals surface area contributed by atoms with Gasteiger partial charge >= 0.3 is 0 Å². The molecule has 0 amide bonds. The molecule has 0 radical (unpaired) electrons. The molecule has 3 N–H and O–H groups in total. The molecule has 0 saturated heterocycles. The Bertz CT molecular complexity index is 983. The Kier molecular flexibility index (Phi) is 4.31. The Morgan fingerprint density at radius 2 is 1.89 bits per heavy atom. The molecule has 27 heavy (non-hydrogen) atoms. The first-order valence-corrected chi connectivity index (χ1v) is 8.62. The van der Waals surface area contributed by atoms with Gasteiger partial charge in [-0.15, -0.1) is 0 Å². The molecule has 4 rings (SSSR count). The number of ether oxygens (including phenoxy) is 2. The summed E-state index contributed by atoms with van der Waals surface area (Å²) in [6, 6.07) is 9.18. The van der Waals surface area contributed by atoms with Crippen molar-refractivity contribution in [1.82, 2.24) is 4.98 Å². The van der Waals surface area contributed by atoms with Crippen molar-refractivity contribution in [3.8, 4) is 17.2 Å². The van der Waals surface area contributed by atoms with E-state index in [0.29, 0.717) is 34.7 Å². The lowest BCUT2D eigenvalue weighted by molar-refractivity contribution is 0.280. The Hall–Kier alpha value is -2.93. The molecule has 0 unspecified atom stereocenters. The smallest absolute Gasteiger partial charge is 0.198 e. The van der Waals surface area contributed by atoms with Gasteiger partial charge < -0.3 is 20.5 Å². The Labute approximate surface area is 155 Å². The first-order valence-electron chi connectivity index (χ1n) is 8.62. The molecular formula is C20H19F2N3O2. The van der Waals surface area contributed by atoms with Gasteiger partial charge in [-0.25, -0.2) is 8.78 Å². The summed E-state index contributed by atoms with van der Waals surface area (Å²) in [5.41, 5.74) is 6.73. The molecule has 7 heteroatoms. The van der Waals surface area contributed by atoms with Crippen LogP contribution in [-0.4, -0.2) is 24.2 Å². The monoisotopic (exact) mass is 371 g/mol. The predicted molar refractivity (Wildman–Crippen MR) is 99.4 cm³/mol. The van der Waals surface area contributed by atoms with Crippen molar-refractivity contribution < 1.29 is 18.3 Å². The van der Waals surface area contributed by atoms with Crippen LogP contribution in [0.5, 0.6) is 17.2 Å². The van der Waals surface area contributed by atoms with Crippen LogP contribution in [0.15, 0.2) is 42.6 Å². The van der Waals surface area contributed by atoms with E-state index in [1.165, 1.54) is 18.3 Å². The van der Waals surface area contributed by atoms with Crippen LogP contribution in [0.4, 0.5) is 14.5 Å². The van der Waals surface area contributed by atoms with E-state index >= 15 is 0 Å². The maximum atomic E-state index is 14.2. The zero-order chi connectivity index (χ0) is 19.0. The topological polar surface area (TPSA) is 69.4 Å². The lowest BCUT2D eigenvalue weighted by Gasteiger charge is -2.13. The summed E-state index contributed by atoms with van der Waals surface area (Å²) in [6.07, 6.45) is 3.44. The highest BCUT2D eigenvalue weighted by Crippen LogP contribution is 2.36. The molecule has 1 heterocycles. The largest absolute Gasteiger partial charge is 0.492 e. The zero-order valence-corrected chi connectivity index (χ0v) is 14.8. The fraction of sp³-hybridized carbons (Fsp3) is 0.250. The maximum absolute atomic E-state index is 14.2. The minimum Gasteiger partial charge on any atom is -0.492 e. The van der Waals surface area contributed by atoms with Crippen LogP contribution >= 0.6 is 0 Å². The average molecular weight is 371 g/mol. The van der Waals surface area contributed by atoms with E-state index in [1.807, 2.05) is 0 Å². The molecule has 0 spiro atoms. The van der Waals surface area contributed by atoms with E-state index in [2.05, 4.69) is 10.3 Å². The van der Waals surface area contributed by atoms with Gasteiger partial charge in [0.05, 0.1) is 11.1 Å². The summed E-state index contributed by atoms with van der Waals surface area (Å²) in [5.74, 6) is -1.09. The summed E-state index contributed by atoms with van der Waals surface area (Å²) in [4.78, 5) is 4.29. The molecule has 5 nitrogen and oxygen atoms in total. The number of nitrogens with one attached hydrogen (secondary N) is 1. The molecule has 2 aromatic carbocycles. The van der Waals surface area contributed by atoms with Crippen molar-refractivity contribution in [1.29, 1.82) is 0 Å². The van der Waals surface area contributed by atoms with Gasteiger partial charge in [0.25, 0.3) is 0 Å². The van der Waals surface area contributed by atoms with Crippen LogP contribution in [-0.2, 0) is 0 Å². The number of benzene rings is 2. The number of hydrogen-bond donors (Lipinski definition) is 2. The van der Waals surface area contributed by atoms with Gasteiger partial charge in [-0.1, -0.05) is 0 Å². The Morgan fingerprint density at radius 3 is 2.56 bits per heavy atom. The number of aromatic nitrogens is 1. The van der Waals surface area contributed by atoms with E-state index in [1.54, 1.807) is 31.3 Å². The second-order valence-corrected chi connectivity index (χ2v) is 6.76. The molecule has 0 atom stereocenters. The van der Waals surface area contributed by atoms with Crippen LogP contribution in [0.25, 0.3) is 10.9 Å². The second-order valence-electron chi connectivity index (χ2n) is 6.76. The fourth-order valence-corrected chi connectivity index (χ4v) is 2.72. The van der Waals surface area contributed by atoms with Crippen LogP contribution in [0, 0.1) is 11.6 Å². The van der Waals surface area contributed by atoms with E-state index in [-0.39, 0.29) is 5.54 Å². The third-order valence-electron chi connectivity index (χ3n) is 4.59. The number of hydrogen-bond acceptors (Lipinski definition) is 5. The summed E-state index contributed by atoms with van der Waals surface area (Å²) in [5, 5.41) is 3.31. The van der Waals surface area contributed by atoms with Crippen molar-refractivity contribution in [2.45, 2.75) is 18.4 Å². The first-order chi connectivity index (χ1) is 13.0. The van der Waals surface area contributed by atoms with Crippen molar-refractivity contribution >= 4 is 16.6 Å². The number of nitrogens with zero attached hydrogens (tertiary/aromatic N) is 1. The van der Waals surface area contributed by atoms with Crippen molar-refractivity contribution in [3.63, 3.8) is 0 Å². The number of fused-ring (bicyclic) bond motifs is 1. The maximum Gasteiger partial charge on any atom is 0.198 e. The highest BCUT2D eigenvalue weighted by atomic mass is 19.1. The lowest BCUT2D eigenvalue weighted by atomic mass is 10.2. The molecule has 1 aliphatic carbocycles. The van der Waals surface area contributed by atoms with E-state index in [4.69, 9.17) is 15.2 Å². The van der Waals surface area contributed by atoms with Crippen LogP contribution < -0.4 is 20.5 Å². The molecule has 1 fully saturated rings. The molecular weight excluding hydrogens is 352 g/mol. The highest BCUT2D eigenvalue weighted by Gasteiger charge is 2.39. The lowest BCUT2D eigenvalue weighted by Crippen LogP contribution is -2.29. The fourth-order valence-electron chi connectivity index (χ4n) is 2.72. The standard InChI is InChI=1S/C20H19F2N3O2/c1-24-12-8-15(21)19(16(22)9-12)27-18-4-7-25-17-10-13(2-3-14(17)18)26-11-20(23)5-6-20/h2-4,7-10,24H,5-6,11,23H2,1H3. The molecule has 1 aromatic heterocycles. The SMILES string of the molecule is CNc1cc(F)c(Oc2ccnc3cc(OCC4(N)CC4)ccc23)c(F)c1. The normalized spacial score (nSPS) is 14.8. The third-order valence-corrected chi connectivity index (χ3v) is 4.59. The number of anilines is 1. The summed E-state index contributed by atoms with van der Waals surface area (Å²) in [6.45, 7) is 0.447. The summed E-state index contributed by atoms with van der Waals surface area (Å²) in [7, 11) is 1.58. The van der Waals surface area contributed by atoms with Gasteiger partial charge in [-0.2, -0.15) is 0 Å². The van der Waals surface area contributed by atoms with Gasteiger partial charge in [-0.05, 0) is 31.0 Å². The van der Waals surface area contributed by atoms with Crippen molar-refractivity contribution in [2.75, 3.05) is 19.0 Å². The number of pyridine rings is 1. The summed E-state index contributed by atoms with van der Waals surface area (Å²) < 4.78 is 39.7. The molecule has 1 saturated carbocycles. The van der Waals surface area contributed by atoms with Gasteiger partial charge in [0, 0.05) is 42.5 Å². The van der Waals surface area contributed by atoms with E-state index < -0.39 is 17.4 Å². The van der Waals surface area contributed by atoms with Gasteiger partial charge in [0.2, 0.25) is 0 Å². The van der Waals surface area contributed by atoms with Gasteiger partial charge in [-0.3, -0.25) is 4.98 Å². The quantitative estimate of drug-likeness (QED) is 0.679. The molecule has 3 aromatic rings. The van der Waals surface area contributed by atoms with Gasteiger partial charge in [0.15, 0.2) is 17.4 Å². The van der Waals surface area contributed by atoms with Crippen molar-refractivity contribution in [3.05, 3.63) is 54.2 Å². The third kappa shape index (κ3) is 3.64. The minimum atomic E-state index is -0.790. The Balaban J connectivity index is 1.62. The van der Waals surface area contributed by atoms with Gasteiger partial charge in [0.1, 0.15) is 18.1 Å². The van der Waals surface area contributed by atoms with E-state index in [0.717, 1.165) is 12.8 Å². The number of rotatable bonds is 6. The molecule has 0 aliphatic heterocycles. The number of nitrogens with two attached hydrogens (primary N) is 1. The zero-order valence-electron chi connectivity index (χ0n) is 14.8. The average Bonchev–Trinajstić information content (AvgIpc) is 3.40. The Morgan fingerprint density at radius 1 is 1.15 bits per heavy atom. The van der Waals surface area contributed by atoms with Crippen LogP contribution in [0.1, 0.15) is 12.8 Å². The van der Waals surface area contributed by atoms with E-state index in [9.17, 15) is 8.78 Å². The number of halogens is 2. The molecule has 140 valence electrons. The summed E-state index contributed by atoms with van der Waals surface area (Å²) >= 11 is 0. The highest BCUT2D eigenvalue weighted by molar-refractivity contribution is 5.86. The van der Waals surface area contributed by atoms with Crippen LogP contribution in [0.2, 0.25) is 0 Å². The first kappa shape index (κ1) is 17.5.